The first-order chi connectivity index (χ1) is 12.5. The van der Waals surface area contributed by atoms with Crippen LogP contribution >= 0.6 is 38.5 Å². The van der Waals surface area contributed by atoms with Gasteiger partial charge >= 0.3 is 0 Å². The lowest BCUT2D eigenvalue weighted by atomic mass is 10.2. The van der Waals surface area contributed by atoms with Crippen molar-refractivity contribution in [2.24, 2.45) is 5.10 Å². The molecule has 3 rings (SSSR count). The first kappa shape index (κ1) is 18.5. The molecule has 0 amide bonds. The summed E-state index contributed by atoms with van der Waals surface area (Å²) in [5, 5.41) is 13.4. The lowest BCUT2D eigenvalue weighted by Crippen LogP contribution is -2.20. The van der Waals surface area contributed by atoms with Crippen molar-refractivity contribution < 1.29 is 4.74 Å². The lowest BCUT2D eigenvalue weighted by Gasteiger charge is -2.07. The van der Waals surface area contributed by atoms with Crippen LogP contribution in [0.15, 0.2) is 50.8 Å². The van der Waals surface area contributed by atoms with Gasteiger partial charge in [-0.3, -0.25) is 4.79 Å². The molecule has 0 spiro atoms. The zero-order valence-corrected chi connectivity index (χ0v) is 17.4. The predicted octanol–water partition coefficient (Wildman–Crippen LogP) is 3.86. The summed E-state index contributed by atoms with van der Waals surface area (Å²) >= 11 is 5.50. The second-order valence-corrected chi connectivity index (χ2v) is 7.40. The molecule has 8 heteroatoms. The van der Waals surface area contributed by atoms with E-state index >= 15 is 0 Å². The van der Waals surface area contributed by atoms with E-state index in [2.05, 4.69) is 48.6 Å². The highest BCUT2D eigenvalue weighted by molar-refractivity contribution is 14.1. The highest BCUT2D eigenvalue weighted by Gasteiger charge is 2.08. The van der Waals surface area contributed by atoms with Gasteiger partial charge in [0.1, 0.15) is 17.6 Å². The van der Waals surface area contributed by atoms with Gasteiger partial charge in [0.15, 0.2) is 6.61 Å². The number of aromatic nitrogens is 2. The molecule has 130 valence electrons. The predicted molar refractivity (Wildman–Crippen MR) is 112 cm³/mol. The smallest absolute Gasteiger partial charge is 0.282 e. The van der Waals surface area contributed by atoms with Crippen LogP contribution in [0.5, 0.6) is 5.75 Å². The van der Waals surface area contributed by atoms with Crippen LogP contribution < -0.4 is 10.3 Å². The zero-order valence-electron chi connectivity index (χ0n) is 13.6. The summed E-state index contributed by atoms with van der Waals surface area (Å²) in [6, 6.07) is 12.8. The molecule has 0 saturated carbocycles. The maximum Gasteiger partial charge on any atom is 0.282 e. The quantitative estimate of drug-likeness (QED) is 0.385. The molecular formula is C18H12BrIN4O2. The summed E-state index contributed by atoms with van der Waals surface area (Å²) < 4.78 is 8.26. The normalized spacial score (nSPS) is 11.0. The van der Waals surface area contributed by atoms with Crippen LogP contribution in [-0.2, 0) is 0 Å². The summed E-state index contributed by atoms with van der Waals surface area (Å²) in [5.74, 6) is 1.14. The minimum absolute atomic E-state index is 0.00363. The highest BCUT2D eigenvalue weighted by Crippen LogP contribution is 2.21. The van der Waals surface area contributed by atoms with Crippen molar-refractivity contribution in [1.82, 2.24) is 9.66 Å². The monoisotopic (exact) mass is 522 g/mol. The van der Waals surface area contributed by atoms with E-state index < -0.39 is 0 Å². The molecule has 0 fully saturated rings. The number of ether oxygens (including phenoxy) is 1. The third kappa shape index (κ3) is 3.94. The van der Waals surface area contributed by atoms with E-state index in [9.17, 15) is 4.79 Å². The minimum Gasteiger partial charge on any atom is -0.478 e. The van der Waals surface area contributed by atoms with Gasteiger partial charge in [-0.2, -0.15) is 15.0 Å². The van der Waals surface area contributed by atoms with Gasteiger partial charge in [0.2, 0.25) is 0 Å². The van der Waals surface area contributed by atoms with E-state index in [1.165, 1.54) is 4.68 Å². The number of hydrogen-bond donors (Lipinski definition) is 0. The Morgan fingerprint density at radius 2 is 2.19 bits per heavy atom. The molecule has 0 N–H and O–H groups in total. The molecule has 0 atom stereocenters. The molecular weight excluding hydrogens is 511 g/mol. The second kappa shape index (κ2) is 7.97. The molecule has 26 heavy (non-hydrogen) atoms. The first-order valence-electron chi connectivity index (χ1n) is 7.52. The average Bonchev–Trinajstić information content (AvgIpc) is 2.61. The fourth-order valence-corrected chi connectivity index (χ4v) is 3.40. The van der Waals surface area contributed by atoms with Crippen LogP contribution in [-0.4, -0.2) is 22.5 Å². The van der Waals surface area contributed by atoms with Gasteiger partial charge in [-0.25, -0.2) is 4.98 Å². The second-order valence-electron chi connectivity index (χ2n) is 5.32. The third-order valence-electron chi connectivity index (χ3n) is 3.54. The maximum absolute atomic E-state index is 12.7. The molecule has 0 aliphatic rings. The van der Waals surface area contributed by atoms with Crippen LogP contribution in [0.4, 0.5) is 0 Å². The van der Waals surface area contributed by atoms with Gasteiger partial charge in [0, 0.05) is 4.47 Å². The number of halogens is 2. The third-order valence-corrected chi connectivity index (χ3v) is 4.88. The number of nitriles is 1. The van der Waals surface area contributed by atoms with Gasteiger partial charge in [-0.1, -0.05) is 15.9 Å². The van der Waals surface area contributed by atoms with E-state index in [0.717, 1.165) is 13.6 Å². The number of fused-ring (bicyclic) bond motifs is 1. The molecule has 1 heterocycles. The molecule has 2 aromatic carbocycles. The van der Waals surface area contributed by atoms with Crippen molar-refractivity contribution >= 4 is 55.6 Å². The Morgan fingerprint density at radius 3 is 2.92 bits per heavy atom. The minimum atomic E-state index is -0.228. The summed E-state index contributed by atoms with van der Waals surface area (Å²) in [6.45, 7) is 1.74. The van der Waals surface area contributed by atoms with E-state index in [1.807, 2.05) is 24.3 Å². The maximum atomic E-state index is 12.7. The Bertz CT molecular complexity index is 1120. The first-order valence-corrected chi connectivity index (χ1v) is 9.39. The molecule has 3 aromatic rings. The van der Waals surface area contributed by atoms with Crippen molar-refractivity contribution in [3.8, 4) is 11.8 Å². The average molecular weight is 523 g/mol. The van der Waals surface area contributed by atoms with Gasteiger partial charge < -0.3 is 4.74 Å². The molecule has 0 bridgehead atoms. The summed E-state index contributed by atoms with van der Waals surface area (Å²) in [4.78, 5) is 17.1. The molecule has 1 aromatic heterocycles. The van der Waals surface area contributed by atoms with Crippen molar-refractivity contribution in [3.05, 3.63) is 66.2 Å². The fourth-order valence-electron chi connectivity index (χ4n) is 2.34. The number of nitrogens with zero attached hydrogens (tertiary/aromatic N) is 4. The van der Waals surface area contributed by atoms with E-state index in [4.69, 9.17) is 10.00 Å². The topological polar surface area (TPSA) is 80.3 Å². The van der Waals surface area contributed by atoms with Gasteiger partial charge in [0.25, 0.3) is 5.56 Å². The fraction of sp³-hybridized carbons (Fsp3) is 0.111. The Morgan fingerprint density at radius 1 is 1.38 bits per heavy atom. The van der Waals surface area contributed by atoms with E-state index in [0.29, 0.717) is 22.5 Å². The van der Waals surface area contributed by atoms with E-state index in [-0.39, 0.29) is 12.2 Å². The standard InChI is InChI=1S/C18H12BrIN4O2/c1-11-23-16-4-3-13(19)9-14(16)18(25)24(11)22-10-12-2-5-17(15(20)8-12)26-7-6-21/h2-5,8-10H,7H2,1H3. The SMILES string of the molecule is Cc1nc2ccc(Br)cc2c(=O)n1N=Cc1ccc(OCC#N)c(I)c1. The number of aryl methyl sites for hydroxylation is 1. The van der Waals surface area contributed by atoms with Crippen molar-refractivity contribution in [1.29, 1.82) is 5.26 Å². The molecule has 6 nitrogen and oxygen atoms in total. The molecule has 0 unspecified atom stereocenters. The number of benzene rings is 2. The van der Waals surface area contributed by atoms with Crippen LogP contribution in [0.3, 0.4) is 0 Å². The van der Waals surface area contributed by atoms with E-state index in [1.54, 1.807) is 31.3 Å². The van der Waals surface area contributed by atoms with Crippen LogP contribution in [0.2, 0.25) is 0 Å². The molecule has 0 saturated heterocycles. The number of hydrogen-bond acceptors (Lipinski definition) is 5. The Balaban J connectivity index is 1.97. The van der Waals surface area contributed by atoms with Crippen molar-refractivity contribution in [2.45, 2.75) is 6.92 Å². The Labute approximate surface area is 171 Å². The molecule has 0 aliphatic carbocycles. The van der Waals surface area contributed by atoms with Gasteiger partial charge in [-0.05, 0) is 71.5 Å². The van der Waals surface area contributed by atoms with Crippen LogP contribution in [0.1, 0.15) is 11.4 Å². The summed E-state index contributed by atoms with van der Waals surface area (Å²) in [6.07, 6.45) is 1.59. The van der Waals surface area contributed by atoms with Crippen molar-refractivity contribution in [3.63, 3.8) is 0 Å². The van der Waals surface area contributed by atoms with Gasteiger partial charge in [-0.15, -0.1) is 0 Å². The highest BCUT2D eigenvalue weighted by atomic mass is 127. The summed E-state index contributed by atoms with van der Waals surface area (Å²) in [5.41, 5.74) is 1.21. The Kier molecular flexibility index (Phi) is 5.68. The zero-order chi connectivity index (χ0) is 18.7. The molecule has 0 aliphatic heterocycles. The van der Waals surface area contributed by atoms with Crippen LogP contribution in [0.25, 0.3) is 10.9 Å². The largest absolute Gasteiger partial charge is 0.478 e. The van der Waals surface area contributed by atoms with Crippen molar-refractivity contribution in [2.75, 3.05) is 6.61 Å². The van der Waals surface area contributed by atoms with Gasteiger partial charge in [0.05, 0.1) is 20.7 Å². The Hall–Kier alpha value is -2.25. The number of rotatable bonds is 4. The lowest BCUT2D eigenvalue weighted by molar-refractivity contribution is 0.365. The van der Waals surface area contributed by atoms with Crippen LogP contribution in [0, 0.1) is 21.8 Å². The summed E-state index contributed by atoms with van der Waals surface area (Å²) in [7, 11) is 0. The molecule has 0 radical (unpaired) electrons.